The fourth-order valence-corrected chi connectivity index (χ4v) is 2.44. The number of carbonyl (C=O) groups excluding carboxylic acids is 2. The van der Waals surface area contributed by atoms with Crippen molar-refractivity contribution in [2.24, 2.45) is 5.10 Å². The minimum atomic E-state index is -0.780. The van der Waals surface area contributed by atoms with Crippen LogP contribution in [0.5, 0.6) is 23.0 Å². The van der Waals surface area contributed by atoms with Crippen molar-refractivity contribution < 1.29 is 33.8 Å². The van der Waals surface area contributed by atoms with Gasteiger partial charge in [0.25, 0.3) is 11.8 Å². The van der Waals surface area contributed by atoms with Gasteiger partial charge in [-0.05, 0) is 24.3 Å². The van der Waals surface area contributed by atoms with E-state index in [9.17, 15) is 24.8 Å². The number of benzene rings is 2. The Labute approximate surface area is 176 Å². The van der Waals surface area contributed by atoms with Crippen molar-refractivity contribution >= 4 is 23.7 Å². The van der Waals surface area contributed by atoms with Crippen LogP contribution in [0, 0.1) is 10.1 Å². The fraction of sp³-hybridized carbons (Fsp3) is 0.211. The first-order valence-corrected chi connectivity index (χ1v) is 8.68. The summed E-state index contributed by atoms with van der Waals surface area (Å²) in [4.78, 5) is 34.3. The third-order valence-corrected chi connectivity index (χ3v) is 3.95. The highest BCUT2D eigenvalue weighted by atomic mass is 16.6. The molecule has 0 heterocycles. The van der Waals surface area contributed by atoms with Crippen LogP contribution in [0.4, 0.5) is 5.69 Å². The molecule has 0 aromatic heterocycles. The van der Waals surface area contributed by atoms with Gasteiger partial charge in [-0.15, -0.1) is 0 Å². The topological polar surface area (TPSA) is 162 Å². The van der Waals surface area contributed by atoms with Crippen molar-refractivity contribution in [3.8, 4) is 23.0 Å². The molecule has 0 saturated heterocycles. The number of hydrazone groups is 1. The van der Waals surface area contributed by atoms with Crippen molar-refractivity contribution in [1.29, 1.82) is 0 Å². The Balaban J connectivity index is 1.96. The maximum absolute atomic E-state index is 12.2. The number of phenolic OH excluding ortho intramolecular Hbond substituents is 1. The summed E-state index contributed by atoms with van der Waals surface area (Å²) in [6.45, 7) is -0.371. The normalized spacial score (nSPS) is 10.4. The molecule has 164 valence electrons. The van der Waals surface area contributed by atoms with Crippen molar-refractivity contribution in [2.75, 3.05) is 27.9 Å². The summed E-state index contributed by atoms with van der Waals surface area (Å²) in [7, 11) is 4.14. The third kappa shape index (κ3) is 5.82. The minimum Gasteiger partial charge on any atom is -0.500 e. The van der Waals surface area contributed by atoms with Crippen molar-refractivity contribution in [3.63, 3.8) is 0 Å². The van der Waals surface area contributed by atoms with E-state index < -0.39 is 28.2 Å². The van der Waals surface area contributed by atoms with E-state index >= 15 is 0 Å². The lowest BCUT2D eigenvalue weighted by Crippen LogP contribution is -2.34. The van der Waals surface area contributed by atoms with Gasteiger partial charge >= 0.3 is 5.69 Å². The number of nitrogens with zero attached hydrogens (tertiary/aromatic N) is 2. The van der Waals surface area contributed by atoms with E-state index in [-0.39, 0.29) is 23.4 Å². The number of phenols is 1. The maximum Gasteiger partial charge on any atom is 0.315 e. The predicted octanol–water partition coefficient (Wildman–Crippen LogP) is 1.21. The Morgan fingerprint density at radius 3 is 2.39 bits per heavy atom. The number of aromatic hydroxyl groups is 1. The van der Waals surface area contributed by atoms with Gasteiger partial charge < -0.3 is 24.6 Å². The summed E-state index contributed by atoms with van der Waals surface area (Å²) in [5.74, 6) is -1.07. The van der Waals surface area contributed by atoms with Crippen molar-refractivity contribution in [1.82, 2.24) is 10.7 Å². The minimum absolute atomic E-state index is 0.121. The van der Waals surface area contributed by atoms with Crippen LogP contribution in [0.25, 0.3) is 0 Å². The second kappa shape index (κ2) is 10.4. The van der Waals surface area contributed by atoms with Crippen LogP contribution in [-0.4, -0.2) is 55.9 Å². The molecule has 2 aromatic carbocycles. The van der Waals surface area contributed by atoms with E-state index in [2.05, 4.69) is 15.8 Å². The number of rotatable bonds is 9. The first kappa shape index (κ1) is 22.9. The molecule has 0 radical (unpaired) electrons. The van der Waals surface area contributed by atoms with Gasteiger partial charge in [-0.3, -0.25) is 19.7 Å². The Bertz CT molecular complexity index is 1020. The van der Waals surface area contributed by atoms with Crippen LogP contribution in [0.3, 0.4) is 0 Å². The highest BCUT2D eigenvalue weighted by molar-refractivity contribution is 5.97. The van der Waals surface area contributed by atoms with Crippen LogP contribution < -0.4 is 25.0 Å². The number of amides is 2. The summed E-state index contributed by atoms with van der Waals surface area (Å²) < 4.78 is 15.1. The second-order valence-electron chi connectivity index (χ2n) is 5.89. The molecule has 2 aromatic rings. The molecule has 0 unspecified atom stereocenters. The lowest BCUT2D eigenvalue weighted by atomic mass is 10.2. The average Bonchev–Trinajstić information content (AvgIpc) is 2.77. The van der Waals surface area contributed by atoms with Crippen molar-refractivity contribution in [3.05, 3.63) is 51.6 Å². The molecule has 0 aliphatic heterocycles. The number of nitrogens with one attached hydrogen (secondary N) is 2. The lowest BCUT2D eigenvalue weighted by Gasteiger charge is -2.09. The SMILES string of the molecule is COc1ccc(C(=O)NCC(=O)NN=Cc2cc(OC)c(O)c([N+](=O)[O-])c2)cc1OC. The zero-order valence-corrected chi connectivity index (χ0v) is 16.9. The Kier molecular flexibility index (Phi) is 7.72. The van der Waals surface area contributed by atoms with E-state index in [1.165, 1.54) is 39.5 Å². The molecule has 31 heavy (non-hydrogen) atoms. The standard InChI is InChI=1S/C19H20N4O8/c1-29-14-5-4-12(8-15(14)30-2)19(26)20-10-17(24)22-21-9-11-6-13(23(27)28)18(25)16(7-11)31-3/h4-9,25H,10H2,1-3H3,(H,20,26)(H,22,24). The molecule has 0 saturated carbocycles. The average molecular weight is 432 g/mol. The number of hydrogen-bond acceptors (Lipinski definition) is 9. The highest BCUT2D eigenvalue weighted by Gasteiger charge is 2.19. The molecule has 2 amide bonds. The van der Waals surface area contributed by atoms with Gasteiger partial charge in [0.15, 0.2) is 17.2 Å². The summed E-state index contributed by atoms with van der Waals surface area (Å²) in [5, 5.41) is 26.8. The van der Waals surface area contributed by atoms with Crippen LogP contribution in [0.15, 0.2) is 35.4 Å². The third-order valence-electron chi connectivity index (χ3n) is 3.95. The monoisotopic (exact) mass is 432 g/mol. The van der Waals surface area contributed by atoms with Gasteiger partial charge in [-0.1, -0.05) is 0 Å². The van der Waals surface area contributed by atoms with E-state index in [0.717, 1.165) is 12.3 Å². The number of carbonyl (C=O) groups is 2. The predicted molar refractivity (Wildman–Crippen MR) is 109 cm³/mol. The molecule has 0 spiro atoms. The number of nitro groups is 1. The Hall–Kier alpha value is -4.35. The maximum atomic E-state index is 12.2. The fourth-order valence-electron chi connectivity index (χ4n) is 2.44. The molecule has 0 atom stereocenters. The quantitative estimate of drug-likeness (QED) is 0.302. The lowest BCUT2D eigenvalue weighted by molar-refractivity contribution is -0.386. The molecule has 0 fully saturated rings. The molecule has 0 aliphatic carbocycles. The van der Waals surface area contributed by atoms with E-state index in [1.54, 1.807) is 6.07 Å². The number of nitro benzene ring substituents is 1. The van der Waals surface area contributed by atoms with Crippen LogP contribution >= 0.6 is 0 Å². The Morgan fingerprint density at radius 2 is 1.77 bits per heavy atom. The summed E-state index contributed by atoms with van der Waals surface area (Å²) >= 11 is 0. The molecular weight excluding hydrogens is 412 g/mol. The van der Waals surface area contributed by atoms with E-state index in [0.29, 0.717) is 11.5 Å². The first-order valence-electron chi connectivity index (χ1n) is 8.68. The summed E-state index contributed by atoms with van der Waals surface area (Å²) in [6, 6.07) is 6.90. The van der Waals surface area contributed by atoms with Gasteiger partial charge in [0.2, 0.25) is 5.75 Å². The summed E-state index contributed by atoms with van der Waals surface area (Å²) in [6.07, 6.45) is 1.13. The van der Waals surface area contributed by atoms with Gasteiger partial charge in [-0.2, -0.15) is 5.10 Å². The van der Waals surface area contributed by atoms with Crippen LogP contribution in [0.2, 0.25) is 0 Å². The second-order valence-corrected chi connectivity index (χ2v) is 5.89. The smallest absolute Gasteiger partial charge is 0.315 e. The van der Waals surface area contributed by atoms with Crippen LogP contribution in [0.1, 0.15) is 15.9 Å². The van der Waals surface area contributed by atoms with Crippen molar-refractivity contribution in [2.45, 2.75) is 0 Å². The number of hydrogen-bond donors (Lipinski definition) is 3. The first-order chi connectivity index (χ1) is 14.8. The molecule has 0 aliphatic rings. The molecule has 12 heteroatoms. The summed E-state index contributed by atoms with van der Waals surface area (Å²) in [5.41, 5.74) is 2.07. The van der Waals surface area contributed by atoms with Gasteiger partial charge in [0.05, 0.1) is 39.0 Å². The zero-order valence-electron chi connectivity index (χ0n) is 16.9. The zero-order chi connectivity index (χ0) is 23.0. The van der Waals surface area contributed by atoms with Gasteiger partial charge in [0, 0.05) is 17.2 Å². The number of methoxy groups -OCH3 is 3. The van der Waals surface area contributed by atoms with E-state index in [1.807, 2.05) is 0 Å². The molecular formula is C19H20N4O8. The highest BCUT2D eigenvalue weighted by Crippen LogP contribution is 2.36. The van der Waals surface area contributed by atoms with Crippen LogP contribution in [-0.2, 0) is 4.79 Å². The van der Waals surface area contributed by atoms with Gasteiger partial charge in [0.1, 0.15) is 0 Å². The van der Waals surface area contributed by atoms with Gasteiger partial charge in [-0.25, -0.2) is 5.43 Å². The Morgan fingerprint density at radius 1 is 1.10 bits per heavy atom. The number of ether oxygens (including phenoxy) is 3. The molecule has 12 nitrogen and oxygen atoms in total. The molecule has 3 N–H and O–H groups in total. The molecule has 2 rings (SSSR count). The van der Waals surface area contributed by atoms with E-state index in [4.69, 9.17) is 14.2 Å². The molecule has 0 bridgehead atoms. The largest absolute Gasteiger partial charge is 0.500 e.